The van der Waals surface area contributed by atoms with Crippen LogP contribution >= 0.6 is 0 Å². The van der Waals surface area contributed by atoms with Crippen LogP contribution in [0.3, 0.4) is 0 Å². The summed E-state index contributed by atoms with van der Waals surface area (Å²) in [5.41, 5.74) is 0.565. The molecule has 1 amide bonds. The standard InChI is InChI=1S/C18H18N2O7/c1-25-14-6-4-5-13(9-14)10-19-17(21)11-27-18(22)12-26-16-8-3-2-7-15(16)20(23)24/h2-9H,10-12H2,1H3,(H,19,21). The lowest BCUT2D eigenvalue weighted by Gasteiger charge is -2.09. The lowest BCUT2D eigenvalue weighted by molar-refractivity contribution is -0.385. The van der Waals surface area contributed by atoms with Crippen LogP contribution in [0.5, 0.6) is 11.5 Å². The van der Waals surface area contributed by atoms with E-state index in [-0.39, 0.29) is 18.0 Å². The highest BCUT2D eigenvalue weighted by Crippen LogP contribution is 2.25. The fourth-order valence-corrected chi connectivity index (χ4v) is 2.09. The minimum atomic E-state index is -0.815. The minimum absolute atomic E-state index is 0.0538. The Kier molecular flexibility index (Phi) is 7.12. The maximum Gasteiger partial charge on any atom is 0.344 e. The van der Waals surface area contributed by atoms with Crippen molar-refractivity contribution < 1.29 is 28.7 Å². The molecule has 0 saturated carbocycles. The van der Waals surface area contributed by atoms with Crippen molar-refractivity contribution >= 4 is 17.6 Å². The van der Waals surface area contributed by atoms with E-state index in [1.807, 2.05) is 6.07 Å². The average molecular weight is 374 g/mol. The molecule has 0 aliphatic rings. The first-order chi connectivity index (χ1) is 13.0. The van der Waals surface area contributed by atoms with Gasteiger partial charge in [-0.1, -0.05) is 24.3 Å². The molecule has 142 valence electrons. The van der Waals surface area contributed by atoms with Crippen molar-refractivity contribution in [1.82, 2.24) is 5.32 Å². The number of amides is 1. The first kappa shape index (κ1) is 19.7. The van der Waals surface area contributed by atoms with Gasteiger partial charge in [0.1, 0.15) is 5.75 Å². The zero-order valence-corrected chi connectivity index (χ0v) is 14.5. The van der Waals surface area contributed by atoms with Gasteiger partial charge >= 0.3 is 11.7 Å². The molecule has 2 aromatic rings. The number of carbonyl (C=O) groups excluding carboxylic acids is 2. The van der Waals surface area contributed by atoms with Gasteiger partial charge in [-0.2, -0.15) is 0 Å². The van der Waals surface area contributed by atoms with Gasteiger partial charge in [0.15, 0.2) is 19.0 Å². The quantitative estimate of drug-likeness (QED) is 0.404. The third kappa shape index (κ3) is 6.31. The molecule has 0 atom stereocenters. The van der Waals surface area contributed by atoms with Crippen molar-refractivity contribution in [2.24, 2.45) is 0 Å². The Labute approximate surface area is 155 Å². The van der Waals surface area contributed by atoms with Gasteiger partial charge in [0, 0.05) is 12.6 Å². The number of ether oxygens (including phenoxy) is 3. The molecule has 0 unspecified atom stereocenters. The van der Waals surface area contributed by atoms with E-state index < -0.39 is 30.0 Å². The van der Waals surface area contributed by atoms with E-state index in [0.29, 0.717) is 5.75 Å². The molecule has 0 aliphatic carbocycles. The van der Waals surface area contributed by atoms with Crippen LogP contribution < -0.4 is 14.8 Å². The highest BCUT2D eigenvalue weighted by atomic mass is 16.6. The first-order valence-electron chi connectivity index (χ1n) is 7.91. The molecule has 0 saturated heterocycles. The van der Waals surface area contributed by atoms with Crippen molar-refractivity contribution in [3.05, 3.63) is 64.2 Å². The number of benzene rings is 2. The van der Waals surface area contributed by atoms with Crippen molar-refractivity contribution in [2.75, 3.05) is 20.3 Å². The van der Waals surface area contributed by atoms with Crippen molar-refractivity contribution in [3.63, 3.8) is 0 Å². The summed E-state index contributed by atoms with van der Waals surface area (Å²) in [4.78, 5) is 33.6. The zero-order valence-electron chi connectivity index (χ0n) is 14.5. The van der Waals surface area contributed by atoms with Crippen LogP contribution in [-0.4, -0.2) is 37.1 Å². The molecule has 0 aliphatic heterocycles. The van der Waals surface area contributed by atoms with E-state index >= 15 is 0 Å². The fourth-order valence-electron chi connectivity index (χ4n) is 2.09. The van der Waals surface area contributed by atoms with Crippen LogP contribution in [0.25, 0.3) is 0 Å². The van der Waals surface area contributed by atoms with E-state index in [2.05, 4.69) is 5.32 Å². The van der Waals surface area contributed by atoms with Gasteiger partial charge in [-0.15, -0.1) is 0 Å². The molecule has 0 fully saturated rings. The molecule has 9 nitrogen and oxygen atoms in total. The summed E-state index contributed by atoms with van der Waals surface area (Å²) in [6, 6.07) is 12.8. The second-order valence-corrected chi connectivity index (χ2v) is 5.30. The normalized spacial score (nSPS) is 9.96. The first-order valence-corrected chi connectivity index (χ1v) is 7.91. The highest BCUT2D eigenvalue weighted by molar-refractivity contribution is 5.80. The largest absolute Gasteiger partial charge is 0.497 e. The van der Waals surface area contributed by atoms with E-state index in [0.717, 1.165) is 5.56 Å². The molecule has 27 heavy (non-hydrogen) atoms. The van der Waals surface area contributed by atoms with Gasteiger partial charge in [-0.25, -0.2) is 4.79 Å². The summed E-state index contributed by atoms with van der Waals surface area (Å²) < 4.78 is 15.0. The van der Waals surface area contributed by atoms with Crippen molar-refractivity contribution in [2.45, 2.75) is 6.54 Å². The van der Waals surface area contributed by atoms with Crippen LogP contribution in [0.15, 0.2) is 48.5 Å². The van der Waals surface area contributed by atoms with Gasteiger partial charge in [-0.3, -0.25) is 14.9 Å². The number of para-hydroxylation sites is 2. The summed E-state index contributed by atoms with van der Waals surface area (Å²) in [7, 11) is 1.54. The van der Waals surface area contributed by atoms with E-state index in [4.69, 9.17) is 14.2 Å². The van der Waals surface area contributed by atoms with Crippen LogP contribution in [0.4, 0.5) is 5.69 Å². The smallest absolute Gasteiger partial charge is 0.344 e. The summed E-state index contributed by atoms with van der Waals surface area (Å²) in [6.07, 6.45) is 0. The molecule has 0 bridgehead atoms. The summed E-state index contributed by atoms with van der Waals surface area (Å²) in [6.45, 7) is -0.780. The fraction of sp³-hybridized carbons (Fsp3) is 0.222. The molecule has 0 radical (unpaired) electrons. The Bertz CT molecular complexity index is 823. The second-order valence-electron chi connectivity index (χ2n) is 5.30. The molecule has 2 aromatic carbocycles. The minimum Gasteiger partial charge on any atom is -0.497 e. The topological polar surface area (TPSA) is 117 Å². The Morgan fingerprint density at radius 1 is 1.11 bits per heavy atom. The Hall–Kier alpha value is -3.62. The van der Waals surface area contributed by atoms with E-state index in [1.54, 1.807) is 31.4 Å². The van der Waals surface area contributed by atoms with Gasteiger partial charge in [0.2, 0.25) is 0 Å². The van der Waals surface area contributed by atoms with Crippen LogP contribution in [-0.2, 0) is 20.9 Å². The molecule has 1 N–H and O–H groups in total. The van der Waals surface area contributed by atoms with E-state index in [1.165, 1.54) is 18.2 Å². The maximum absolute atomic E-state index is 11.7. The monoisotopic (exact) mass is 374 g/mol. The number of esters is 1. The number of rotatable bonds is 9. The lowest BCUT2D eigenvalue weighted by atomic mass is 10.2. The summed E-state index contributed by atoms with van der Waals surface area (Å²) in [5.74, 6) is -0.691. The van der Waals surface area contributed by atoms with Crippen molar-refractivity contribution in [3.8, 4) is 11.5 Å². The highest BCUT2D eigenvalue weighted by Gasteiger charge is 2.16. The summed E-state index contributed by atoms with van der Waals surface area (Å²) in [5, 5.41) is 13.5. The van der Waals surface area contributed by atoms with Gasteiger partial charge in [-0.05, 0) is 23.8 Å². The predicted molar refractivity (Wildman–Crippen MR) is 94.4 cm³/mol. The number of hydrogen-bond acceptors (Lipinski definition) is 7. The molecule has 0 spiro atoms. The number of carbonyl (C=O) groups is 2. The van der Waals surface area contributed by atoms with Gasteiger partial charge < -0.3 is 19.5 Å². The third-order valence-corrected chi connectivity index (χ3v) is 3.40. The van der Waals surface area contributed by atoms with Crippen LogP contribution in [0, 0.1) is 10.1 Å². The SMILES string of the molecule is COc1cccc(CNC(=O)COC(=O)COc2ccccc2[N+](=O)[O-])c1. The number of nitrogens with zero attached hydrogens (tertiary/aromatic N) is 1. The zero-order chi connectivity index (χ0) is 19.6. The average Bonchev–Trinajstić information content (AvgIpc) is 2.69. The Balaban J connectivity index is 1.73. The molecular formula is C18H18N2O7. The second kappa shape index (κ2) is 9.76. The number of nitro groups is 1. The van der Waals surface area contributed by atoms with Gasteiger partial charge in [0.25, 0.3) is 5.91 Å². The number of methoxy groups -OCH3 is 1. The molecule has 2 rings (SSSR count). The van der Waals surface area contributed by atoms with E-state index in [9.17, 15) is 19.7 Å². The van der Waals surface area contributed by atoms with Crippen molar-refractivity contribution in [1.29, 1.82) is 0 Å². The van der Waals surface area contributed by atoms with Crippen LogP contribution in [0.2, 0.25) is 0 Å². The molecule has 0 heterocycles. The number of nitro benzene ring substituents is 1. The predicted octanol–water partition coefficient (Wildman–Crippen LogP) is 1.84. The number of nitrogens with one attached hydrogen (secondary N) is 1. The van der Waals surface area contributed by atoms with Gasteiger partial charge in [0.05, 0.1) is 12.0 Å². The third-order valence-electron chi connectivity index (χ3n) is 3.40. The number of hydrogen-bond donors (Lipinski definition) is 1. The van der Waals surface area contributed by atoms with Crippen LogP contribution in [0.1, 0.15) is 5.56 Å². The lowest BCUT2D eigenvalue weighted by Crippen LogP contribution is -2.29. The molecule has 9 heteroatoms. The summed E-state index contributed by atoms with van der Waals surface area (Å²) >= 11 is 0. The Morgan fingerprint density at radius 3 is 2.63 bits per heavy atom. The molecule has 0 aromatic heterocycles. The maximum atomic E-state index is 11.7. The molecular weight excluding hydrogens is 356 g/mol. The Morgan fingerprint density at radius 2 is 1.89 bits per heavy atom.